The molecule has 2 N–H and O–H groups in total. The van der Waals surface area contributed by atoms with E-state index in [0.717, 1.165) is 22.0 Å². The molecule has 0 spiro atoms. The van der Waals surface area contributed by atoms with E-state index in [9.17, 15) is 4.79 Å². The summed E-state index contributed by atoms with van der Waals surface area (Å²) in [7, 11) is 0. The highest BCUT2D eigenvalue weighted by Crippen LogP contribution is 2.17. The molecule has 6 heteroatoms. The van der Waals surface area contributed by atoms with E-state index in [1.165, 1.54) is 0 Å². The number of nitrogens with zero attached hydrogens (tertiary/aromatic N) is 1. The van der Waals surface area contributed by atoms with Gasteiger partial charge in [-0.25, -0.2) is 4.98 Å². The molecule has 2 aromatic carbocycles. The van der Waals surface area contributed by atoms with E-state index in [1.54, 1.807) is 12.3 Å². The van der Waals surface area contributed by atoms with Crippen LogP contribution < -0.4 is 15.4 Å². The molecule has 1 heterocycles. The normalized spacial score (nSPS) is 10.3. The first-order valence-electron chi connectivity index (χ1n) is 8.62. The summed E-state index contributed by atoms with van der Waals surface area (Å²) in [6, 6.07) is 20.7. The molecular weight excluding hydrogens is 362 g/mol. The number of pyridine rings is 1. The summed E-state index contributed by atoms with van der Waals surface area (Å²) >= 11 is 6.14. The molecule has 3 aromatic rings. The number of carbonyl (C=O) groups is 1. The second kappa shape index (κ2) is 9.59. The quantitative estimate of drug-likeness (QED) is 0.590. The number of carbonyl (C=O) groups excluding carboxylic acids is 1. The monoisotopic (exact) mass is 381 g/mol. The Hall–Kier alpha value is -3.05. The molecule has 0 saturated carbocycles. The van der Waals surface area contributed by atoms with Crippen molar-refractivity contribution in [3.8, 4) is 5.75 Å². The average molecular weight is 382 g/mol. The Morgan fingerprint density at radius 1 is 1.00 bits per heavy atom. The molecule has 0 unspecified atom stereocenters. The van der Waals surface area contributed by atoms with Crippen LogP contribution in [0.25, 0.3) is 0 Å². The maximum Gasteiger partial charge on any atom is 0.228 e. The van der Waals surface area contributed by atoms with Crippen LogP contribution in [-0.2, 0) is 11.3 Å². The predicted molar refractivity (Wildman–Crippen MR) is 108 cm³/mol. The summed E-state index contributed by atoms with van der Waals surface area (Å²) in [6.07, 6.45) is 1.93. The van der Waals surface area contributed by atoms with E-state index in [4.69, 9.17) is 16.3 Å². The Kier molecular flexibility index (Phi) is 6.66. The zero-order valence-electron chi connectivity index (χ0n) is 14.7. The Labute approximate surface area is 163 Å². The van der Waals surface area contributed by atoms with Crippen LogP contribution in [0.15, 0.2) is 72.9 Å². The lowest BCUT2D eigenvalue weighted by atomic mass is 10.2. The number of hydrogen-bond donors (Lipinski definition) is 2. The SMILES string of the molecule is O=C(CCOc1ccccc1)Nc1ccc(NCc2ccccc2Cl)cn1. The highest BCUT2D eigenvalue weighted by Gasteiger charge is 2.05. The number of anilines is 2. The number of aromatic nitrogens is 1. The largest absolute Gasteiger partial charge is 0.493 e. The standard InChI is InChI=1S/C21H20ClN3O2/c22-19-9-5-4-6-16(19)14-23-17-10-11-20(24-15-17)25-21(26)12-13-27-18-7-2-1-3-8-18/h1-11,15,23H,12-14H2,(H,24,25,26). The van der Waals surface area contributed by atoms with Gasteiger partial charge in [0.25, 0.3) is 0 Å². The lowest BCUT2D eigenvalue weighted by Gasteiger charge is -2.09. The number of amides is 1. The molecule has 0 saturated heterocycles. The third-order valence-electron chi connectivity index (χ3n) is 3.81. The van der Waals surface area contributed by atoms with Gasteiger partial charge in [-0.2, -0.15) is 0 Å². The molecule has 0 atom stereocenters. The maximum absolute atomic E-state index is 12.0. The Balaban J connectivity index is 1.43. The number of halogens is 1. The van der Waals surface area contributed by atoms with Gasteiger partial charge in [-0.15, -0.1) is 0 Å². The third kappa shape index (κ3) is 6.01. The summed E-state index contributed by atoms with van der Waals surface area (Å²) in [5, 5.41) is 6.74. The molecule has 0 radical (unpaired) electrons. The van der Waals surface area contributed by atoms with E-state index in [1.807, 2.05) is 60.7 Å². The minimum absolute atomic E-state index is 0.143. The van der Waals surface area contributed by atoms with Crippen molar-refractivity contribution in [1.82, 2.24) is 4.98 Å². The first-order chi connectivity index (χ1) is 13.2. The molecule has 1 aromatic heterocycles. The Morgan fingerprint density at radius 3 is 2.52 bits per heavy atom. The van der Waals surface area contributed by atoms with E-state index in [2.05, 4.69) is 15.6 Å². The third-order valence-corrected chi connectivity index (χ3v) is 4.18. The number of rotatable bonds is 8. The Morgan fingerprint density at radius 2 is 1.78 bits per heavy atom. The molecular formula is C21H20ClN3O2. The number of nitrogens with one attached hydrogen (secondary N) is 2. The van der Waals surface area contributed by atoms with Gasteiger partial charge < -0.3 is 15.4 Å². The minimum Gasteiger partial charge on any atom is -0.493 e. The van der Waals surface area contributed by atoms with Gasteiger partial charge in [0.1, 0.15) is 11.6 Å². The van der Waals surface area contributed by atoms with Crippen molar-refractivity contribution in [2.75, 3.05) is 17.2 Å². The van der Waals surface area contributed by atoms with Crippen LogP contribution in [0.4, 0.5) is 11.5 Å². The lowest BCUT2D eigenvalue weighted by molar-refractivity contribution is -0.116. The van der Waals surface area contributed by atoms with E-state index in [0.29, 0.717) is 19.0 Å². The molecule has 0 aliphatic heterocycles. The van der Waals surface area contributed by atoms with Crippen LogP contribution in [0, 0.1) is 0 Å². The fourth-order valence-electron chi connectivity index (χ4n) is 2.40. The van der Waals surface area contributed by atoms with E-state index >= 15 is 0 Å². The van der Waals surface area contributed by atoms with Crippen molar-refractivity contribution in [2.24, 2.45) is 0 Å². The summed E-state index contributed by atoms with van der Waals surface area (Å²) in [4.78, 5) is 16.2. The molecule has 0 aliphatic rings. The zero-order chi connectivity index (χ0) is 18.9. The molecule has 5 nitrogen and oxygen atoms in total. The van der Waals surface area contributed by atoms with Gasteiger partial charge in [-0.1, -0.05) is 48.0 Å². The van der Waals surface area contributed by atoms with Gasteiger partial charge in [0, 0.05) is 11.6 Å². The number of para-hydroxylation sites is 1. The number of hydrogen-bond acceptors (Lipinski definition) is 4. The van der Waals surface area contributed by atoms with Crippen LogP contribution in [0.5, 0.6) is 5.75 Å². The van der Waals surface area contributed by atoms with E-state index in [-0.39, 0.29) is 12.3 Å². The molecule has 3 rings (SSSR count). The van der Waals surface area contributed by atoms with Crippen molar-refractivity contribution >= 4 is 29.0 Å². The van der Waals surface area contributed by atoms with Crippen molar-refractivity contribution in [3.05, 3.63) is 83.5 Å². The number of ether oxygens (including phenoxy) is 1. The summed E-state index contributed by atoms with van der Waals surface area (Å²) in [6.45, 7) is 0.914. The summed E-state index contributed by atoms with van der Waals surface area (Å²) in [5.41, 5.74) is 1.86. The Bertz CT molecular complexity index is 870. The highest BCUT2D eigenvalue weighted by molar-refractivity contribution is 6.31. The van der Waals surface area contributed by atoms with E-state index < -0.39 is 0 Å². The molecule has 0 fully saturated rings. The maximum atomic E-state index is 12.0. The zero-order valence-corrected chi connectivity index (χ0v) is 15.4. The lowest BCUT2D eigenvalue weighted by Crippen LogP contribution is -2.16. The molecule has 0 aliphatic carbocycles. The van der Waals surface area contributed by atoms with Crippen LogP contribution >= 0.6 is 11.6 Å². The minimum atomic E-state index is -0.143. The van der Waals surface area contributed by atoms with Gasteiger partial charge in [0.05, 0.1) is 24.9 Å². The van der Waals surface area contributed by atoms with Crippen molar-refractivity contribution < 1.29 is 9.53 Å². The summed E-state index contributed by atoms with van der Waals surface area (Å²) < 4.78 is 5.52. The number of benzene rings is 2. The van der Waals surface area contributed by atoms with Gasteiger partial charge in [-0.3, -0.25) is 4.79 Å². The second-order valence-electron chi connectivity index (χ2n) is 5.84. The first kappa shape index (κ1) is 18.7. The van der Waals surface area contributed by atoms with Gasteiger partial charge >= 0.3 is 0 Å². The molecule has 0 bridgehead atoms. The molecule has 138 valence electrons. The van der Waals surface area contributed by atoms with Crippen LogP contribution in [0.3, 0.4) is 0 Å². The van der Waals surface area contributed by atoms with Crippen molar-refractivity contribution in [1.29, 1.82) is 0 Å². The highest BCUT2D eigenvalue weighted by atomic mass is 35.5. The van der Waals surface area contributed by atoms with Gasteiger partial charge in [0.15, 0.2) is 0 Å². The van der Waals surface area contributed by atoms with Gasteiger partial charge in [-0.05, 0) is 35.9 Å². The smallest absolute Gasteiger partial charge is 0.228 e. The predicted octanol–water partition coefficient (Wildman–Crippen LogP) is 4.75. The summed E-state index contributed by atoms with van der Waals surface area (Å²) in [5.74, 6) is 1.11. The van der Waals surface area contributed by atoms with Crippen molar-refractivity contribution in [2.45, 2.75) is 13.0 Å². The van der Waals surface area contributed by atoms with Crippen LogP contribution in [0.1, 0.15) is 12.0 Å². The molecule has 1 amide bonds. The fraction of sp³-hybridized carbons (Fsp3) is 0.143. The fourth-order valence-corrected chi connectivity index (χ4v) is 2.60. The topological polar surface area (TPSA) is 63.2 Å². The average Bonchev–Trinajstić information content (AvgIpc) is 2.69. The second-order valence-corrected chi connectivity index (χ2v) is 6.24. The van der Waals surface area contributed by atoms with Gasteiger partial charge in [0.2, 0.25) is 5.91 Å². The first-order valence-corrected chi connectivity index (χ1v) is 8.99. The van der Waals surface area contributed by atoms with Crippen LogP contribution in [0.2, 0.25) is 5.02 Å². The molecule has 27 heavy (non-hydrogen) atoms. The van der Waals surface area contributed by atoms with Crippen LogP contribution in [-0.4, -0.2) is 17.5 Å². The van der Waals surface area contributed by atoms with Crippen molar-refractivity contribution in [3.63, 3.8) is 0 Å².